The SMILES string of the molecule is C.C.C1COCCOCCOCCOCCO1.C1COCCOCCOCCOCCOCCO1.[Mn].[Mn]. The van der Waals surface area contributed by atoms with E-state index in [4.69, 9.17) is 52.1 Å². The van der Waals surface area contributed by atoms with Crippen LogP contribution in [0.25, 0.3) is 0 Å². The Kier molecular flexibility index (Phi) is 49.5. The maximum Gasteiger partial charge on any atom is 0.0701 e. The van der Waals surface area contributed by atoms with Crippen molar-refractivity contribution in [3.63, 3.8) is 0 Å². The average molecular weight is 627 g/mol. The Morgan fingerprint density at radius 2 is 0.216 bits per heavy atom. The Bertz CT molecular complexity index is 242. The monoisotopic (exact) mass is 626 g/mol. The molecule has 2 radical (unpaired) electrons. The first kappa shape index (κ1) is 44.6. The van der Waals surface area contributed by atoms with Gasteiger partial charge in [-0.05, 0) is 0 Å². The van der Waals surface area contributed by atoms with Crippen LogP contribution < -0.4 is 0 Å². The minimum absolute atomic E-state index is 0. The van der Waals surface area contributed by atoms with Crippen LogP contribution in [0.15, 0.2) is 0 Å². The van der Waals surface area contributed by atoms with Crippen molar-refractivity contribution >= 4 is 0 Å². The summed E-state index contributed by atoms with van der Waals surface area (Å²) < 4.78 is 58.4. The van der Waals surface area contributed by atoms with Gasteiger partial charge in [-0.2, -0.15) is 0 Å². The summed E-state index contributed by atoms with van der Waals surface area (Å²) in [4.78, 5) is 0. The van der Waals surface area contributed by atoms with Gasteiger partial charge in [0.25, 0.3) is 0 Å². The van der Waals surface area contributed by atoms with E-state index in [0.29, 0.717) is 145 Å². The summed E-state index contributed by atoms with van der Waals surface area (Å²) in [5.74, 6) is 0. The molecule has 0 unspecified atom stereocenters. The van der Waals surface area contributed by atoms with Crippen molar-refractivity contribution in [3.8, 4) is 0 Å². The zero-order valence-electron chi connectivity index (χ0n) is 20.8. The first-order valence-electron chi connectivity index (χ1n) is 11.9. The molecule has 2 aliphatic heterocycles. The molecule has 11 nitrogen and oxygen atoms in total. The Labute approximate surface area is 246 Å². The molecule has 0 amide bonds. The van der Waals surface area contributed by atoms with Gasteiger partial charge in [0.05, 0.1) is 145 Å². The summed E-state index contributed by atoms with van der Waals surface area (Å²) in [5, 5.41) is 0. The van der Waals surface area contributed by atoms with Gasteiger partial charge in [0.15, 0.2) is 0 Å². The molecule has 2 saturated heterocycles. The van der Waals surface area contributed by atoms with Crippen LogP contribution >= 0.6 is 0 Å². The van der Waals surface area contributed by atoms with Gasteiger partial charge in [-0.1, -0.05) is 14.9 Å². The summed E-state index contributed by atoms with van der Waals surface area (Å²) in [6.45, 7) is 13.1. The van der Waals surface area contributed by atoms with Gasteiger partial charge >= 0.3 is 0 Å². The second kappa shape index (κ2) is 41.1. The van der Waals surface area contributed by atoms with Gasteiger partial charge < -0.3 is 52.1 Å². The molecular weight excluding hydrogens is 574 g/mol. The molecule has 0 aromatic carbocycles. The third kappa shape index (κ3) is 38.8. The fourth-order valence-electron chi connectivity index (χ4n) is 2.42. The molecular formula is C24H52Mn2O11. The molecule has 2 rings (SSSR count). The first-order valence-corrected chi connectivity index (χ1v) is 11.9. The Morgan fingerprint density at radius 1 is 0.162 bits per heavy atom. The summed E-state index contributed by atoms with van der Waals surface area (Å²) >= 11 is 0. The molecule has 2 aliphatic rings. The van der Waals surface area contributed by atoms with E-state index in [-0.39, 0.29) is 49.0 Å². The van der Waals surface area contributed by atoms with Crippen LogP contribution in [0.5, 0.6) is 0 Å². The molecule has 0 aliphatic carbocycles. The van der Waals surface area contributed by atoms with Crippen molar-refractivity contribution in [2.45, 2.75) is 14.9 Å². The third-order valence-corrected chi connectivity index (χ3v) is 4.09. The van der Waals surface area contributed by atoms with E-state index >= 15 is 0 Å². The third-order valence-electron chi connectivity index (χ3n) is 4.09. The number of rotatable bonds is 0. The van der Waals surface area contributed by atoms with E-state index in [9.17, 15) is 0 Å². The van der Waals surface area contributed by atoms with E-state index in [0.717, 1.165) is 0 Å². The van der Waals surface area contributed by atoms with Gasteiger partial charge in [-0.3, -0.25) is 0 Å². The standard InChI is InChI=1S/C12H24O6.C10H20O5.2CH4.2Mn/c1-2-14-5-6-16-9-10-18-12-11-17-8-7-15-4-3-13-1;1-2-12-5-6-14-9-10-15-8-7-13-4-3-11-1;;;;/h1-12H2;1-10H2;2*1H4;;. The van der Waals surface area contributed by atoms with E-state index < -0.39 is 0 Å². The second-order valence-electron chi connectivity index (χ2n) is 6.74. The maximum atomic E-state index is 5.33. The molecule has 13 heteroatoms. The second-order valence-corrected chi connectivity index (χ2v) is 6.74. The molecule has 2 heterocycles. The van der Waals surface area contributed by atoms with Gasteiger partial charge in [0.2, 0.25) is 0 Å². The largest absolute Gasteiger partial charge is 0.377 e. The number of hydrogen-bond donors (Lipinski definition) is 0. The zero-order valence-corrected chi connectivity index (χ0v) is 23.2. The fourth-order valence-corrected chi connectivity index (χ4v) is 2.42. The Morgan fingerprint density at radius 3 is 0.270 bits per heavy atom. The predicted octanol–water partition coefficient (Wildman–Crippen LogP) is 1.45. The van der Waals surface area contributed by atoms with Gasteiger partial charge in [0, 0.05) is 34.1 Å². The molecule has 2 fully saturated rings. The van der Waals surface area contributed by atoms with Crippen LogP contribution in [0.1, 0.15) is 14.9 Å². The zero-order chi connectivity index (χ0) is 23.3. The fraction of sp³-hybridized carbons (Fsp3) is 1.00. The van der Waals surface area contributed by atoms with Crippen LogP contribution in [-0.4, -0.2) is 145 Å². The molecule has 0 saturated carbocycles. The van der Waals surface area contributed by atoms with Crippen LogP contribution in [0.2, 0.25) is 0 Å². The number of ether oxygens (including phenoxy) is 11. The topological polar surface area (TPSA) is 102 Å². The van der Waals surface area contributed by atoms with Gasteiger partial charge in [-0.25, -0.2) is 0 Å². The molecule has 0 atom stereocenters. The van der Waals surface area contributed by atoms with Crippen LogP contribution in [0.3, 0.4) is 0 Å². The van der Waals surface area contributed by atoms with Gasteiger partial charge in [0.1, 0.15) is 0 Å². The molecule has 0 aromatic rings. The quantitative estimate of drug-likeness (QED) is 0.366. The summed E-state index contributed by atoms with van der Waals surface area (Å²) in [5.41, 5.74) is 0. The van der Waals surface area contributed by atoms with E-state index in [1.54, 1.807) is 0 Å². The van der Waals surface area contributed by atoms with E-state index in [1.165, 1.54) is 0 Å². The molecule has 37 heavy (non-hydrogen) atoms. The minimum Gasteiger partial charge on any atom is -0.377 e. The molecule has 0 aromatic heterocycles. The van der Waals surface area contributed by atoms with Gasteiger partial charge in [-0.15, -0.1) is 0 Å². The Hall–Kier alpha value is 0.599. The van der Waals surface area contributed by atoms with Crippen LogP contribution in [-0.2, 0) is 86.2 Å². The van der Waals surface area contributed by atoms with Crippen molar-refractivity contribution < 1.29 is 86.2 Å². The summed E-state index contributed by atoms with van der Waals surface area (Å²) in [7, 11) is 0. The summed E-state index contributed by atoms with van der Waals surface area (Å²) in [6.07, 6.45) is 0. The van der Waals surface area contributed by atoms with Crippen molar-refractivity contribution in [1.82, 2.24) is 0 Å². The minimum atomic E-state index is 0. The molecule has 0 N–H and O–H groups in total. The maximum absolute atomic E-state index is 5.33. The normalized spacial score (nSPS) is 21.4. The predicted molar refractivity (Wildman–Crippen MR) is 132 cm³/mol. The first-order chi connectivity index (χ1) is 16.5. The summed E-state index contributed by atoms with van der Waals surface area (Å²) in [6, 6.07) is 0. The van der Waals surface area contributed by atoms with Crippen molar-refractivity contribution in [2.75, 3.05) is 145 Å². The molecule has 0 spiro atoms. The molecule has 228 valence electrons. The average Bonchev–Trinajstić information content (AvgIpc) is 2.84. The smallest absolute Gasteiger partial charge is 0.0701 e. The van der Waals surface area contributed by atoms with Crippen molar-refractivity contribution in [3.05, 3.63) is 0 Å². The van der Waals surface area contributed by atoms with E-state index in [1.807, 2.05) is 0 Å². The van der Waals surface area contributed by atoms with Crippen molar-refractivity contribution in [2.24, 2.45) is 0 Å². The van der Waals surface area contributed by atoms with Crippen LogP contribution in [0.4, 0.5) is 0 Å². The van der Waals surface area contributed by atoms with Crippen LogP contribution in [0, 0.1) is 0 Å². The molecule has 0 bridgehead atoms. The van der Waals surface area contributed by atoms with E-state index in [2.05, 4.69) is 0 Å². The number of hydrogen-bond acceptors (Lipinski definition) is 11. The Balaban J connectivity index is -0.000000269. The van der Waals surface area contributed by atoms with Crippen molar-refractivity contribution in [1.29, 1.82) is 0 Å².